The zero-order valence-corrected chi connectivity index (χ0v) is 20.2. The molecule has 4 nitrogen and oxygen atoms in total. The molecule has 0 radical (unpaired) electrons. The highest BCUT2D eigenvalue weighted by Crippen LogP contribution is 2.36. The number of benzene rings is 3. The molecule has 34 heavy (non-hydrogen) atoms. The molecule has 1 aliphatic rings. The lowest BCUT2D eigenvalue weighted by Gasteiger charge is -2.41. The summed E-state index contributed by atoms with van der Waals surface area (Å²) in [5.74, 6) is 0.00602. The van der Waals surface area contributed by atoms with Crippen LogP contribution in [0.25, 0.3) is 10.1 Å². The van der Waals surface area contributed by atoms with E-state index in [4.69, 9.17) is 0 Å². The number of hydrogen-bond acceptors (Lipinski definition) is 4. The smallest absolute Gasteiger partial charge is 0.335 e. The fourth-order valence-corrected chi connectivity index (χ4v) is 6.22. The third-order valence-corrected chi connectivity index (χ3v) is 8.09. The molecule has 5 rings (SSSR count). The highest BCUT2D eigenvalue weighted by Gasteiger charge is 2.31. The van der Waals surface area contributed by atoms with Crippen LogP contribution in [0, 0.1) is 5.92 Å². The van der Waals surface area contributed by atoms with Crippen molar-refractivity contribution in [3.8, 4) is 0 Å². The average molecular weight is 471 g/mol. The summed E-state index contributed by atoms with van der Waals surface area (Å²) >= 11 is 1.81. The number of nitrogens with one attached hydrogen (secondary N) is 1. The maximum atomic E-state index is 11.5. The molecule has 1 aromatic heterocycles. The van der Waals surface area contributed by atoms with Gasteiger partial charge in [0, 0.05) is 35.4 Å². The molecule has 1 fully saturated rings. The van der Waals surface area contributed by atoms with Crippen molar-refractivity contribution in [1.29, 1.82) is 0 Å². The third kappa shape index (κ3) is 4.72. The summed E-state index contributed by atoms with van der Waals surface area (Å²) in [5, 5.41) is 16.9. The van der Waals surface area contributed by atoms with Crippen molar-refractivity contribution in [2.24, 2.45) is 5.92 Å². The van der Waals surface area contributed by atoms with Gasteiger partial charge in [-0.1, -0.05) is 54.6 Å². The minimum Gasteiger partial charge on any atom is -0.478 e. The lowest BCUT2D eigenvalue weighted by molar-refractivity contribution is 0.0697. The maximum absolute atomic E-state index is 11.5. The van der Waals surface area contributed by atoms with Crippen LogP contribution in [-0.4, -0.2) is 30.7 Å². The molecule has 0 bridgehead atoms. The Kier molecular flexibility index (Phi) is 6.66. The summed E-state index contributed by atoms with van der Waals surface area (Å²) in [6, 6.07) is 27.0. The molecule has 2 unspecified atom stereocenters. The van der Waals surface area contributed by atoms with Gasteiger partial charge in [0.15, 0.2) is 0 Å². The van der Waals surface area contributed by atoms with Gasteiger partial charge in [-0.15, -0.1) is 11.3 Å². The van der Waals surface area contributed by atoms with Gasteiger partial charge < -0.3 is 15.3 Å². The molecular weight excluding hydrogens is 440 g/mol. The lowest BCUT2D eigenvalue weighted by Crippen LogP contribution is -2.43. The van der Waals surface area contributed by atoms with E-state index in [1.54, 1.807) is 12.1 Å². The summed E-state index contributed by atoms with van der Waals surface area (Å²) < 4.78 is 1.34. The molecule has 1 aliphatic heterocycles. The van der Waals surface area contributed by atoms with Crippen molar-refractivity contribution in [2.45, 2.75) is 25.3 Å². The van der Waals surface area contributed by atoms with Gasteiger partial charge in [0.25, 0.3) is 0 Å². The van der Waals surface area contributed by atoms with E-state index < -0.39 is 5.97 Å². The second-order valence-electron chi connectivity index (χ2n) is 9.18. The zero-order chi connectivity index (χ0) is 23.5. The van der Waals surface area contributed by atoms with Crippen molar-refractivity contribution in [1.82, 2.24) is 5.32 Å². The molecule has 3 aromatic carbocycles. The third-order valence-electron chi connectivity index (χ3n) is 7.11. The number of carboxylic acids is 1. The second-order valence-corrected chi connectivity index (χ2v) is 10.1. The van der Waals surface area contributed by atoms with E-state index in [1.807, 2.05) is 23.5 Å². The molecule has 4 aromatic rings. The highest BCUT2D eigenvalue weighted by molar-refractivity contribution is 7.17. The predicted molar refractivity (Wildman–Crippen MR) is 141 cm³/mol. The van der Waals surface area contributed by atoms with Crippen molar-refractivity contribution >= 4 is 33.1 Å². The summed E-state index contributed by atoms with van der Waals surface area (Å²) in [6.07, 6.45) is 1.06. The molecule has 0 spiro atoms. The quantitative estimate of drug-likeness (QED) is 0.321. The van der Waals surface area contributed by atoms with Crippen LogP contribution in [-0.2, 0) is 0 Å². The Bertz CT molecular complexity index is 1270. The number of piperidine rings is 1. The topological polar surface area (TPSA) is 52.6 Å². The number of rotatable bonds is 7. The number of fused-ring (bicyclic) bond motifs is 1. The zero-order valence-electron chi connectivity index (χ0n) is 19.4. The fourth-order valence-electron chi connectivity index (χ4n) is 5.16. The maximum Gasteiger partial charge on any atom is 0.335 e. The number of carbonyl (C=O) groups is 1. The monoisotopic (exact) mass is 470 g/mol. The molecule has 1 saturated heterocycles. The Hall–Kier alpha value is -3.15. The van der Waals surface area contributed by atoms with Crippen LogP contribution >= 0.6 is 11.3 Å². The van der Waals surface area contributed by atoms with E-state index in [2.05, 4.69) is 77.1 Å². The predicted octanol–water partition coefficient (Wildman–Crippen LogP) is 6.56. The minimum absolute atomic E-state index is 0.290. The van der Waals surface area contributed by atoms with E-state index in [1.165, 1.54) is 21.2 Å². The van der Waals surface area contributed by atoms with E-state index >= 15 is 0 Å². The van der Waals surface area contributed by atoms with Gasteiger partial charge in [-0.25, -0.2) is 4.79 Å². The lowest BCUT2D eigenvalue weighted by atomic mass is 9.80. The Morgan fingerprint density at radius 3 is 2.71 bits per heavy atom. The van der Waals surface area contributed by atoms with Crippen molar-refractivity contribution < 1.29 is 9.90 Å². The van der Waals surface area contributed by atoms with Crippen molar-refractivity contribution in [3.63, 3.8) is 0 Å². The van der Waals surface area contributed by atoms with Crippen molar-refractivity contribution in [3.05, 3.63) is 101 Å². The molecule has 0 saturated carbocycles. The van der Waals surface area contributed by atoms with Gasteiger partial charge in [-0.2, -0.15) is 0 Å². The Labute approximate surface area is 204 Å². The normalized spacial score (nSPS) is 19.3. The van der Waals surface area contributed by atoms with Crippen LogP contribution in [0.5, 0.6) is 0 Å². The van der Waals surface area contributed by atoms with Gasteiger partial charge in [-0.05, 0) is 72.0 Å². The van der Waals surface area contributed by atoms with Crippen molar-refractivity contribution in [2.75, 3.05) is 24.5 Å². The first-order valence-electron chi connectivity index (χ1n) is 11.9. The molecule has 5 heteroatoms. The number of thiophene rings is 1. The van der Waals surface area contributed by atoms with Gasteiger partial charge in [0.2, 0.25) is 0 Å². The van der Waals surface area contributed by atoms with Crippen LogP contribution in [0.4, 0.5) is 5.69 Å². The molecule has 0 amide bonds. The Morgan fingerprint density at radius 1 is 1.09 bits per heavy atom. The standard InChI is InChI=1S/C29H30N2O2S/c1-20(27-19-34-28-13-6-5-12-25(27)28)30-17-23-14-15-31(18-26(23)21-8-3-2-4-9-21)24-11-7-10-22(16-24)29(32)33/h2-13,16,19-20,23,26,30H,14-15,17-18H2,1H3,(H,32,33)/t20-,23?,26?/m1/s1. The van der Waals surface area contributed by atoms with E-state index in [0.29, 0.717) is 17.4 Å². The summed E-state index contributed by atoms with van der Waals surface area (Å²) in [7, 11) is 0. The Balaban J connectivity index is 1.33. The summed E-state index contributed by atoms with van der Waals surface area (Å²) in [5.41, 5.74) is 4.06. The minimum atomic E-state index is -0.879. The SMILES string of the molecule is C[C@@H](NCC1CCN(c2cccc(C(=O)O)c2)CC1c1ccccc1)c1csc2ccccc12. The molecule has 0 aliphatic carbocycles. The molecule has 2 heterocycles. The van der Waals surface area contributed by atoms with E-state index in [-0.39, 0.29) is 6.04 Å². The molecule has 174 valence electrons. The first-order chi connectivity index (χ1) is 16.6. The number of hydrogen-bond donors (Lipinski definition) is 2. The highest BCUT2D eigenvalue weighted by atomic mass is 32.1. The van der Waals surface area contributed by atoms with Gasteiger partial charge in [0.05, 0.1) is 5.56 Å². The first kappa shape index (κ1) is 22.6. The molecular formula is C29H30N2O2S. The van der Waals surface area contributed by atoms with Crippen LogP contribution in [0.3, 0.4) is 0 Å². The van der Waals surface area contributed by atoms with Gasteiger partial charge in [-0.3, -0.25) is 0 Å². The summed E-state index contributed by atoms with van der Waals surface area (Å²) in [6.45, 7) is 5.02. The van der Waals surface area contributed by atoms with E-state index in [0.717, 1.165) is 31.7 Å². The van der Waals surface area contributed by atoms with E-state index in [9.17, 15) is 9.90 Å². The second kappa shape index (κ2) is 10.00. The largest absolute Gasteiger partial charge is 0.478 e. The van der Waals surface area contributed by atoms with Crippen LogP contribution in [0.2, 0.25) is 0 Å². The van der Waals surface area contributed by atoms with Gasteiger partial charge >= 0.3 is 5.97 Å². The number of carboxylic acid groups (broad SMARTS) is 1. The van der Waals surface area contributed by atoms with Crippen LogP contribution in [0.15, 0.2) is 84.2 Å². The fraction of sp³-hybridized carbons (Fsp3) is 0.276. The molecule has 3 atom stereocenters. The van der Waals surface area contributed by atoms with Gasteiger partial charge in [0.1, 0.15) is 0 Å². The Morgan fingerprint density at radius 2 is 1.88 bits per heavy atom. The first-order valence-corrected chi connectivity index (χ1v) is 12.8. The number of aromatic carboxylic acids is 1. The van der Waals surface area contributed by atoms with Crippen LogP contribution in [0.1, 0.15) is 46.8 Å². The number of nitrogens with zero attached hydrogens (tertiary/aromatic N) is 1. The molecule has 2 N–H and O–H groups in total. The average Bonchev–Trinajstić information content (AvgIpc) is 3.32. The summed E-state index contributed by atoms with van der Waals surface area (Å²) in [4.78, 5) is 13.8. The van der Waals surface area contributed by atoms with Crippen LogP contribution < -0.4 is 10.2 Å². The number of anilines is 1.